The predicted octanol–water partition coefficient (Wildman–Crippen LogP) is 4.32. The van der Waals surface area contributed by atoms with E-state index < -0.39 is 11.9 Å². The third-order valence-corrected chi connectivity index (χ3v) is 5.13. The maximum atomic E-state index is 13.0. The van der Waals surface area contributed by atoms with Gasteiger partial charge < -0.3 is 16.4 Å². The first-order valence-corrected chi connectivity index (χ1v) is 9.56. The molecular weight excluding hydrogens is 417 g/mol. The number of benzene rings is 1. The van der Waals surface area contributed by atoms with Gasteiger partial charge in [-0.25, -0.2) is 9.97 Å². The van der Waals surface area contributed by atoms with Crippen LogP contribution in [0.15, 0.2) is 54.3 Å². The van der Waals surface area contributed by atoms with E-state index in [1.807, 2.05) is 6.07 Å². The van der Waals surface area contributed by atoms with Crippen LogP contribution in [-0.4, -0.2) is 20.3 Å². The van der Waals surface area contributed by atoms with Crippen LogP contribution in [-0.2, 0) is 17.4 Å². The molecule has 0 fully saturated rings. The molecule has 11 heteroatoms. The lowest BCUT2D eigenvalue weighted by Gasteiger charge is -2.09. The summed E-state index contributed by atoms with van der Waals surface area (Å²) < 4.78 is 39.9. The highest BCUT2D eigenvalue weighted by molar-refractivity contribution is 7.16. The smallest absolute Gasteiger partial charge is 0.384 e. The Labute approximate surface area is 172 Å². The van der Waals surface area contributed by atoms with Gasteiger partial charge in [-0.1, -0.05) is 12.1 Å². The van der Waals surface area contributed by atoms with Crippen molar-refractivity contribution in [2.45, 2.75) is 12.6 Å². The highest BCUT2D eigenvalue weighted by atomic mass is 32.1. The molecule has 4 aromatic rings. The molecule has 7 nitrogen and oxygen atoms in total. The molecule has 4 N–H and O–H groups in total. The second kappa shape index (κ2) is 7.67. The minimum atomic E-state index is -4.49. The molecule has 30 heavy (non-hydrogen) atoms. The fourth-order valence-electron chi connectivity index (χ4n) is 2.89. The molecule has 0 saturated carbocycles. The quantitative estimate of drug-likeness (QED) is 0.437. The molecular formula is C19H15F3N6OS. The van der Waals surface area contributed by atoms with Crippen molar-refractivity contribution in [2.24, 2.45) is 0 Å². The van der Waals surface area contributed by atoms with Gasteiger partial charge in [0.15, 0.2) is 5.82 Å². The number of nitrogens with one attached hydrogen (secondary N) is 2. The number of aromatic nitrogens is 3. The summed E-state index contributed by atoms with van der Waals surface area (Å²) in [6.07, 6.45) is -1.83. The molecule has 0 aliphatic carbocycles. The van der Waals surface area contributed by atoms with Crippen molar-refractivity contribution in [3.8, 4) is 0 Å². The van der Waals surface area contributed by atoms with E-state index in [-0.39, 0.29) is 23.0 Å². The number of halogens is 3. The number of nitrogens with two attached hydrogens (primary N) is 1. The minimum absolute atomic E-state index is 0.0323. The molecule has 0 atom stereocenters. The average Bonchev–Trinajstić information content (AvgIpc) is 3.24. The van der Waals surface area contributed by atoms with Gasteiger partial charge in [0.1, 0.15) is 22.7 Å². The van der Waals surface area contributed by atoms with Crippen LogP contribution >= 0.6 is 11.3 Å². The minimum Gasteiger partial charge on any atom is -0.384 e. The molecule has 0 aliphatic rings. The number of imidazole rings is 1. The average molecular weight is 432 g/mol. The molecule has 3 heterocycles. The SMILES string of the molecule is Nc1cc(Nc2cccc(CC(=O)Nc3ncn4c(C(F)(F)F)csc34)c2)ccn1. The largest absolute Gasteiger partial charge is 0.432 e. The van der Waals surface area contributed by atoms with E-state index in [1.54, 1.807) is 36.5 Å². The van der Waals surface area contributed by atoms with E-state index in [0.29, 0.717) is 5.82 Å². The van der Waals surface area contributed by atoms with Crippen molar-refractivity contribution in [3.63, 3.8) is 0 Å². The monoisotopic (exact) mass is 432 g/mol. The van der Waals surface area contributed by atoms with Crippen molar-refractivity contribution >= 4 is 45.1 Å². The van der Waals surface area contributed by atoms with E-state index in [1.165, 1.54) is 0 Å². The zero-order chi connectivity index (χ0) is 21.3. The van der Waals surface area contributed by atoms with Crippen LogP contribution in [0, 0.1) is 0 Å². The van der Waals surface area contributed by atoms with Gasteiger partial charge >= 0.3 is 6.18 Å². The number of hydrogen-bond donors (Lipinski definition) is 3. The van der Waals surface area contributed by atoms with Crippen molar-refractivity contribution in [1.82, 2.24) is 14.4 Å². The third kappa shape index (κ3) is 4.20. The molecule has 0 spiro atoms. The van der Waals surface area contributed by atoms with Crippen LogP contribution < -0.4 is 16.4 Å². The molecule has 0 bridgehead atoms. The fourth-order valence-corrected chi connectivity index (χ4v) is 3.84. The summed E-state index contributed by atoms with van der Waals surface area (Å²) in [5.41, 5.74) is 7.06. The molecule has 0 radical (unpaired) electrons. The summed E-state index contributed by atoms with van der Waals surface area (Å²) in [5, 5.41) is 6.75. The second-order valence-electron chi connectivity index (χ2n) is 6.41. The first kappa shape index (κ1) is 19.7. The molecule has 0 saturated heterocycles. The molecule has 1 aromatic carbocycles. The molecule has 1 amide bonds. The number of nitrogens with zero attached hydrogens (tertiary/aromatic N) is 3. The lowest BCUT2D eigenvalue weighted by atomic mass is 10.1. The Morgan fingerprint density at radius 2 is 1.97 bits per heavy atom. The number of nitrogen functional groups attached to an aromatic ring is 1. The van der Waals surface area contributed by atoms with Gasteiger partial charge in [0.05, 0.1) is 6.42 Å². The normalized spacial score (nSPS) is 11.6. The third-order valence-electron chi connectivity index (χ3n) is 4.18. The predicted molar refractivity (Wildman–Crippen MR) is 109 cm³/mol. The molecule has 0 aliphatic heterocycles. The summed E-state index contributed by atoms with van der Waals surface area (Å²) in [6.45, 7) is 0. The van der Waals surface area contributed by atoms with Crippen LogP contribution in [0.2, 0.25) is 0 Å². The summed E-state index contributed by atoms with van der Waals surface area (Å²) in [4.78, 5) is 20.5. The number of fused-ring (bicyclic) bond motifs is 1. The molecule has 4 rings (SSSR count). The molecule has 154 valence electrons. The number of carbonyl (C=O) groups excluding carboxylic acids is 1. The van der Waals surface area contributed by atoms with Crippen molar-refractivity contribution in [2.75, 3.05) is 16.4 Å². The Morgan fingerprint density at radius 1 is 1.17 bits per heavy atom. The van der Waals surface area contributed by atoms with Crippen LogP contribution in [0.25, 0.3) is 4.83 Å². The Kier molecular flexibility index (Phi) is 5.04. The molecule has 3 aromatic heterocycles. The van der Waals surface area contributed by atoms with Gasteiger partial charge in [-0.2, -0.15) is 13.2 Å². The van der Waals surface area contributed by atoms with Gasteiger partial charge in [0, 0.05) is 29.0 Å². The topological polar surface area (TPSA) is 97.3 Å². The van der Waals surface area contributed by atoms with E-state index >= 15 is 0 Å². The number of anilines is 4. The van der Waals surface area contributed by atoms with Crippen molar-refractivity contribution in [3.05, 3.63) is 65.6 Å². The summed E-state index contributed by atoms with van der Waals surface area (Å²) in [7, 11) is 0. The van der Waals surface area contributed by atoms with Crippen LogP contribution in [0.3, 0.4) is 0 Å². The number of amides is 1. The summed E-state index contributed by atoms with van der Waals surface area (Å²) in [6, 6.07) is 10.6. The molecule has 0 unspecified atom stereocenters. The second-order valence-corrected chi connectivity index (χ2v) is 7.26. The Hall–Kier alpha value is -3.60. The summed E-state index contributed by atoms with van der Waals surface area (Å²) >= 11 is 0.868. The lowest BCUT2D eigenvalue weighted by molar-refractivity contribution is -0.141. The number of thiazole rings is 1. The Bertz CT molecular complexity index is 1220. The maximum Gasteiger partial charge on any atom is 0.432 e. The van der Waals surface area contributed by atoms with Gasteiger partial charge in [0.2, 0.25) is 5.91 Å². The standard InChI is InChI=1S/C19H15F3N6OS/c20-19(21,22)14-9-30-18-17(25-10-28(14)18)27-16(29)7-11-2-1-3-12(6-11)26-13-4-5-24-15(23)8-13/h1-6,8-10H,7H2,(H,27,29)(H3,23,24,26). The highest BCUT2D eigenvalue weighted by Crippen LogP contribution is 2.35. The first-order valence-electron chi connectivity index (χ1n) is 8.69. The maximum absolute atomic E-state index is 13.0. The fraction of sp³-hybridized carbons (Fsp3) is 0.105. The van der Waals surface area contributed by atoms with Crippen molar-refractivity contribution < 1.29 is 18.0 Å². The summed E-state index contributed by atoms with van der Waals surface area (Å²) in [5.74, 6) is 0.0917. The highest BCUT2D eigenvalue weighted by Gasteiger charge is 2.35. The van der Waals surface area contributed by atoms with Gasteiger partial charge in [-0.3, -0.25) is 9.20 Å². The Balaban J connectivity index is 1.46. The van der Waals surface area contributed by atoms with Crippen molar-refractivity contribution in [1.29, 1.82) is 0 Å². The van der Waals surface area contributed by atoms with Crippen LogP contribution in [0.1, 0.15) is 11.3 Å². The number of pyridine rings is 1. The first-order chi connectivity index (χ1) is 14.3. The van der Waals surface area contributed by atoms with Gasteiger partial charge in [-0.05, 0) is 23.8 Å². The van der Waals surface area contributed by atoms with E-state index in [2.05, 4.69) is 20.6 Å². The zero-order valence-corrected chi connectivity index (χ0v) is 16.1. The zero-order valence-electron chi connectivity index (χ0n) is 15.3. The number of alkyl halides is 3. The number of carbonyl (C=O) groups is 1. The number of hydrogen-bond acceptors (Lipinski definition) is 6. The van der Waals surface area contributed by atoms with Gasteiger partial charge in [0.25, 0.3) is 0 Å². The number of rotatable bonds is 5. The Morgan fingerprint density at radius 3 is 2.73 bits per heavy atom. The van der Waals surface area contributed by atoms with Gasteiger partial charge in [-0.15, -0.1) is 11.3 Å². The van der Waals surface area contributed by atoms with E-state index in [4.69, 9.17) is 5.73 Å². The van der Waals surface area contributed by atoms with Crippen LogP contribution in [0.4, 0.5) is 36.2 Å². The van der Waals surface area contributed by atoms with E-state index in [9.17, 15) is 18.0 Å². The lowest BCUT2D eigenvalue weighted by Crippen LogP contribution is -2.14. The van der Waals surface area contributed by atoms with E-state index in [0.717, 1.165) is 44.4 Å². The van der Waals surface area contributed by atoms with Crippen LogP contribution in [0.5, 0.6) is 0 Å².